The molecule has 9 heteroatoms. The number of hydrogen-bond donors (Lipinski definition) is 2. The van der Waals surface area contributed by atoms with E-state index in [-0.39, 0.29) is 24.0 Å². The zero-order valence-corrected chi connectivity index (χ0v) is 20.4. The number of anilines is 1. The van der Waals surface area contributed by atoms with Crippen LogP contribution in [0.1, 0.15) is 16.7 Å². The van der Waals surface area contributed by atoms with Crippen molar-refractivity contribution in [2.45, 2.75) is 25.3 Å². The Morgan fingerprint density at radius 3 is 2.12 bits per heavy atom. The molecule has 0 radical (unpaired) electrons. The third kappa shape index (κ3) is 6.20. The number of aryl methyl sites for hydroxylation is 2. The van der Waals surface area contributed by atoms with Crippen molar-refractivity contribution >= 4 is 21.6 Å². The van der Waals surface area contributed by atoms with E-state index in [1.165, 1.54) is 18.2 Å². The summed E-state index contributed by atoms with van der Waals surface area (Å²) in [6.07, 6.45) is 0. The lowest BCUT2D eigenvalue weighted by molar-refractivity contribution is -0.123. The minimum absolute atomic E-state index is 0.102. The number of carbonyl (C=O) groups is 1. The molecule has 0 aliphatic heterocycles. The standard InChI is InChI=1S/C25H28N2O6S/c1-17-8-10-19(11-9-17)27-34(29,30)20-12-13-22(18(2)14-20)33-16-25(28)26-15-21-23(31-3)6-5-7-24(21)32-4/h5-14,27H,15-16H2,1-4H3,(H,26,28). The van der Waals surface area contributed by atoms with Crippen LogP contribution in [0.5, 0.6) is 17.2 Å². The second-order valence-electron chi connectivity index (χ2n) is 7.61. The van der Waals surface area contributed by atoms with Crippen LogP contribution in [0.15, 0.2) is 65.6 Å². The number of rotatable bonds is 10. The first kappa shape index (κ1) is 24.9. The van der Waals surface area contributed by atoms with Crippen LogP contribution in [0.3, 0.4) is 0 Å². The van der Waals surface area contributed by atoms with Gasteiger partial charge < -0.3 is 19.5 Å². The molecular formula is C25H28N2O6S. The van der Waals surface area contributed by atoms with Crippen LogP contribution >= 0.6 is 0 Å². The minimum Gasteiger partial charge on any atom is -0.496 e. The lowest BCUT2D eigenvalue weighted by Gasteiger charge is -2.14. The van der Waals surface area contributed by atoms with Crippen LogP contribution < -0.4 is 24.2 Å². The molecule has 0 saturated carbocycles. The van der Waals surface area contributed by atoms with Gasteiger partial charge in [0.15, 0.2) is 6.61 Å². The minimum atomic E-state index is -3.76. The zero-order chi connectivity index (χ0) is 24.7. The molecule has 8 nitrogen and oxygen atoms in total. The Morgan fingerprint density at radius 1 is 0.882 bits per heavy atom. The molecule has 1 amide bonds. The average Bonchev–Trinajstić information content (AvgIpc) is 2.82. The van der Waals surface area contributed by atoms with E-state index < -0.39 is 10.0 Å². The largest absolute Gasteiger partial charge is 0.496 e. The van der Waals surface area contributed by atoms with Crippen molar-refractivity contribution < 1.29 is 27.4 Å². The van der Waals surface area contributed by atoms with Gasteiger partial charge in [-0.1, -0.05) is 23.8 Å². The highest BCUT2D eigenvalue weighted by molar-refractivity contribution is 7.92. The maximum atomic E-state index is 12.7. The van der Waals surface area contributed by atoms with E-state index in [0.29, 0.717) is 34.1 Å². The third-order valence-electron chi connectivity index (χ3n) is 5.11. The second kappa shape index (κ2) is 10.9. The van der Waals surface area contributed by atoms with E-state index in [4.69, 9.17) is 14.2 Å². The van der Waals surface area contributed by atoms with Crippen LogP contribution in [-0.2, 0) is 21.4 Å². The summed E-state index contributed by atoms with van der Waals surface area (Å²) < 4.78 is 44.2. The fourth-order valence-electron chi connectivity index (χ4n) is 3.27. The molecule has 3 aromatic rings. The summed E-state index contributed by atoms with van der Waals surface area (Å²) in [7, 11) is -0.662. The first-order chi connectivity index (χ1) is 16.2. The number of nitrogens with one attached hydrogen (secondary N) is 2. The highest BCUT2D eigenvalue weighted by Gasteiger charge is 2.17. The van der Waals surface area contributed by atoms with Crippen LogP contribution in [0.4, 0.5) is 5.69 Å². The summed E-state index contributed by atoms with van der Waals surface area (Å²) >= 11 is 0. The normalized spacial score (nSPS) is 10.9. The van der Waals surface area contributed by atoms with Crippen LogP contribution in [-0.4, -0.2) is 35.2 Å². The summed E-state index contributed by atoms with van der Waals surface area (Å²) in [6.45, 7) is 3.62. The number of methoxy groups -OCH3 is 2. The number of amides is 1. The van der Waals surface area contributed by atoms with Gasteiger partial charge in [0.25, 0.3) is 15.9 Å². The Morgan fingerprint density at radius 2 is 1.53 bits per heavy atom. The number of hydrogen-bond acceptors (Lipinski definition) is 6. The molecule has 3 rings (SSSR count). The summed E-state index contributed by atoms with van der Waals surface area (Å²) in [5.41, 5.74) is 2.82. The maximum Gasteiger partial charge on any atom is 0.261 e. The monoisotopic (exact) mass is 484 g/mol. The van der Waals surface area contributed by atoms with Gasteiger partial charge in [-0.15, -0.1) is 0 Å². The van der Waals surface area contributed by atoms with E-state index in [9.17, 15) is 13.2 Å². The van der Waals surface area contributed by atoms with Crippen molar-refractivity contribution in [1.29, 1.82) is 0 Å². The van der Waals surface area contributed by atoms with E-state index in [2.05, 4.69) is 10.0 Å². The fraction of sp³-hybridized carbons (Fsp3) is 0.240. The van der Waals surface area contributed by atoms with Crippen molar-refractivity contribution in [2.75, 3.05) is 25.5 Å². The lowest BCUT2D eigenvalue weighted by atomic mass is 10.1. The molecule has 0 fully saturated rings. The van der Waals surface area contributed by atoms with E-state index >= 15 is 0 Å². The second-order valence-corrected chi connectivity index (χ2v) is 9.29. The van der Waals surface area contributed by atoms with Crippen LogP contribution in [0.2, 0.25) is 0 Å². The van der Waals surface area contributed by atoms with Gasteiger partial charge in [0.2, 0.25) is 0 Å². The average molecular weight is 485 g/mol. The first-order valence-electron chi connectivity index (χ1n) is 10.5. The first-order valence-corrected chi connectivity index (χ1v) is 12.0. The van der Waals surface area contributed by atoms with E-state index in [1.54, 1.807) is 51.5 Å². The smallest absolute Gasteiger partial charge is 0.261 e. The molecule has 180 valence electrons. The van der Waals surface area contributed by atoms with Crippen LogP contribution in [0, 0.1) is 13.8 Å². The molecule has 0 aliphatic carbocycles. The van der Waals surface area contributed by atoms with Gasteiger partial charge in [0.05, 0.1) is 31.2 Å². The molecular weight excluding hydrogens is 456 g/mol. The molecule has 2 N–H and O–H groups in total. The quantitative estimate of drug-likeness (QED) is 0.454. The van der Waals surface area contributed by atoms with Crippen molar-refractivity contribution in [3.05, 3.63) is 77.4 Å². The Hall–Kier alpha value is -3.72. The molecule has 0 unspecified atom stereocenters. The van der Waals surface area contributed by atoms with Crippen molar-refractivity contribution in [2.24, 2.45) is 0 Å². The number of sulfonamides is 1. The zero-order valence-electron chi connectivity index (χ0n) is 19.5. The molecule has 0 heterocycles. The lowest BCUT2D eigenvalue weighted by Crippen LogP contribution is -2.28. The topological polar surface area (TPSA) is 103 Å². The molecule has 0 atom stereocenters. The van der Waals surface area contributed by atoms with Crippen molar-refractivity contribution in [1.82, 2.24) is 5.32 Å². The molecule has 3 aromatic carbocycles. The molecule has 0 aromatic heterocycles. The Bertz CT molecular complexity index is 1230. The predicted octanol–water partition coefficient (Wildman–Crippen LogP) is 3.82. The van der Waals surface area contributed by atoms with Gasteiger partial charge in [-0.2, -0.15) is 0 Å². The summed E-state index contributed by atoms with van der Waals surface area (Å²) in [4.78, 5) is 12.4. The Kier molecular flexibility index (Phi) is 8.01. The molecule has 0 bridgehead atoms. The van der Waals surface area contributed by atoms with Crippen molar-refractivity contribution in [3.8, 4) is 17.2 Å². The maximum absolute atomic E-state index is 12.7. The molecule has 0 saturated heterocycles. The Balaban J connectivity index is 1.61. The number of ether oxygens (including phenoxy) is 3. The number of carbonyl (C=O) groups excluding carboxylic acids is 1. The van der Waals surface area contributed by atoms with Crippen molar-refractivity contribution in [3.63, 3.8) is 0 Å². The van der Waals surface area contributed by atoms with Gasteiger partial charge in [0, 0.05) is 5.69 Å². The highest BCUT2D eigenvalue weighted by atomic mass is 32.2. The van der Waals surface area contributed by atoms with Gasteiger partial charge >= 0.3 is 0 Å². The van der Waals surface area contributed by atoms with Gasteiger partial charge in [-0.25, -0.2) is 8.42 Å². The van der Waals surface area contributed by atoms with Crippen LogP contribution in [0.25, 0.3) is 0 Å². The molecule has 0 spiro atoms. The summed E-state index contributed by atoms with van der Waals surface area (Å²) in [5.74, 6) is 1.28. The van der Waals surface area contributed by atoms with E-state index in [0.717, 1.165) is 5.56 Å². The van der Waals surface area contributed by atoms with E-state index in [1.807, 2.05) is 19.1 Å². The molecule has 0 aliphatic rings. The third-order valence-corrected chi connectivity index (χ3v) is 6.49. The fourth-order valence-corrected chi connectivity index (χ4v) is 4.41. The van der Waals surface area contributed by atoms with Gasteiger partial charge in [0.1, 0.15) is 17.2 Å². The number of benzene rings is 3. The predicted molar refractivity (Wildman–Crippen MR) is 130 cm³/mol. The Labute approximate surface area is 199 Å². The van der Waals surface area contributed by atoms with Gasteiger partial charge in [-0.3, -0.25) is 9.52 Å². The summed E-state index contributed by atoms with van der Waals surface area (Å²) in [5, 5.41) is 2.78. The van der Waals surface area contributed by atoms with Gasteiger partial charge in [-0.05, 0) is 61.9 Å². The molecule has 34 heavy (non-hydrogen) atoms. The summed E-state index contributed by atoms with van der Waals surface area (Å²) in [6, 6.07) is 16.9. The highest BCUT2D eigenvalue weighted by Crippen LogP contribution is 2.28. The SMILES string of the molecule is COc1cccc(OC)c1CNC(=O)COc1ccc(S(=O)(=O)Nc2ccc(C)cc2)cc1C.